The second-order valence-electron chi connectivity index (χ2n) is 5.85. The first-order valence-electron chi connectivity index (χ1n) is 8.27. The van der Waals surface area contributed by atoms with Crippen LogP contribution < -0.4 is 9.47 Å². The summed E-state index contributed by atoms with van der Waals surface area (Å²) in [5.74, 6) is -2.66. The Morgan fingerprint density at radius 3 is 2.38 bits per heavy atom. The lowest BCUT2D eigenvalue weighted by Crippen LogP contribution is -2.10. The summed E-state index contributed by atoms with van der Waals surface area (Å²) in [5.41, 5.74) is 1.38. The number of ether oxygens (including phenoxy) is 2. The maximum Gasteiger partial charge on any atom is 0.349 e. The van der Waals surface area contributed by atoms with E-state index in [2.05, 4.69) is 0 Å². The van der Waals surface area contributed by atoms with Crippen LogP contribution in [-0.2, 0) is 11.4 Å². The van der Waals surface area contributed by atoms with Gasteiger partial charge in [0, 0.05) is 0 Å². The molecule has 0 aliphatic heterocycles. The zero-order valence-electron chi connectivity index (χ0n) is 14.8. The number of carboxylic acid groups (broad SMARTS) is 2. The Hall–Kier alpha value is -3.23. The van der Waals surface area contributed by atoms with Gasteiger partial charge in [0.15, 0.2) is 28.7 Å². The van der Waals surface area contributed by atoms with E-state index < -0.39 is 18.5 Å². The number of aromatic hydroxyl groups is 1. The standard InChI is InChI=1S/C20H15ClO7S/c21-16-17(28-10-15(23)24)19(20(25)26)29-18(16)12-6-7-14(13(22)8-12)27-9-11-4-2-1-3-5-11/h1-8,22H,9-10H2,(H,23,24)(H,25,26). The van der Waals surface area contributed by atoms with E-state index in [4.69, 9.17) is 26.2 Å². The van der Waals surface area contributed by atoms with Gasteiger partial charge in [0.25, 0.3) is 0 Å². The summed E-state index contributed by atoms with van der Waals surface area (Å²) < 4.78 is 10.7. The van der Waals surface area contributed by atoms with Crippen LogP contribution in [0.4, 0.5) is 0 Å². The third kappa shape index (κ3) is 4.79. The largest absolute Gasteiger partial charge is 0.504 e. The molecule has 3 N–H and O–H groups in total. The Morgan fingerprint density at radius 2 is 1.76 bits per heavy atom. The molecule has 0 spiro atoms. The van der Waals surface area contributed by atoms with Gasteiger partial charge in [-0.15, -0.1) is 11.3 Å². The second kappa shape index (κ2) is 8.85. The highest BCUT2D eigenvalue weighted by atomic mass is 35.5. The van der Waals surface area contributed by atoms with Crippen LogP contribution >= 0.6 is 22.9 Å². The number of hydrogen-bond acceptors (Lipinski definition) is 6. The smallest absolute Gasteiger partial charge is 0.349 e. The highest BCUT2D eigenvalue weighted by Gasteiger charge is 2.25. The Morgan fingerprint density at radius 1 is 1.03 bits per heavy atom. The van der Waals surface area contributed by atoms with Crippen molar-refractivity contribution in [3.05, 3.63) is 64.0 Å². The maximum absolute atomic E-state index is 11.5. The molecule has 0 aliphatic carbocycles. The molecular weight excluding hydrogens is 420 g/mol. The highest BCUT2D eigenvalue weighted by molar-refractivity contribution is 7.18. The molecule has 0 atom stereocenters. The van der Waals surface area contributed by atoms with E-state index in [9.17, 15) is 19.8 Å². The highest BCUT2D eigenvalue weighted by Crippen LogP contribution is 2.46. The second-order valence-corrected chi connectivity index (χ2v) is 7.25. The topological polar surface area (TPSA) is 113 Å². The summed E-state index contributed by atoms with van der Waals surface area (Å²) in [7, 11) is 0. The maximum atomic E-state index is 11.5. The lowest BCUT2D eigenvalue weighted by atomic mass is 10.1. The van der Waals surface area contributed by atoms with Crippen LogP contribution in [0.2, 0.25) is 5.02 Å². The molecule has 0 saturated carbocycles. The molecule has 3 aromatic rings. The molecule has 0 radical (unpaired) electrons. The van der Waals surface area contributed by atoms with Gasteiger partial charge >= 0.3 is 11.9 Å². The first kappa shape index (κ1) is 20.5. The molecule has 0 aliphatic rings. The number of hydrogen-bond donors (Lipinski definition) is 3. The number of phenolic OH excluding ortho intramolecular Hbond substituents is 1. The van der Waals surface area contributed by atoms with E-state index in [1.165, 1.54) is 6.07 Å². The van der Waals surface area contributed by atoms with Gasteiger partial charge in [-0.1, -0.05) is 41.9 Å². The lowest BCUT2D eigenvalue weighted by molar-refractivity contribution is -0.139. The predicted molar refractivity (Wildman–Crippen MR) is 107 cm³/mol. The third-order valence-corrected chi connectivity index (χ3v) is 5.48. The molecule has 29 heavy (non-hydrogen) atoms. The summed E-state index contributed by atoms with van der Waals surface area (Å²) in [6.07, 6.45) is 0. The number of thiophene rings is 1. The third-order valence-electron chi connectivity index (χ3n) is 3.80. The fourth-order valence-corrected chi connectivity index (χ4v) is 3.90. The molecule has 1 aromatic heterocycles. The van der Waals surface area contributed by atoms with Crippen LogP contribution in [0.1, 0.15) is 15.2 Å². The number of aliphatic carboxylic acids is 1. The summed E-state index contributed by atoms with van der Waals surface area (Å²) in [6, 6.07) is 14.0. The SMILES string of the molecule is O=C(O)COc1c(C(=O)O)sc(-c2ccc(OCc3ccccc3)c(O)c2)c1Cl. The number of rotatable bonds is 8. The van der Waals surface area contributed by atoms with Gasteiger partial charge in [0.2, 0.25) is 0 Å². The monoisotopic (exact) mass is 434 g/mol. The minimum atomic E-state index is -1.30. The van der Waals surface area contributed by atoms with Crippen molar-refractivity contribution in [2.75, 3.05) is 6.61 Å². The molecule has 0 saturated heterocycles. The molecule has 7 nitrogen and oxygen atoms in total. The van der Waals surface area contributed by atoms with Crippen molar-refractivity contribution in [3.63, 3.8) is 0 Å². The van der Waals surface area contributed by atoms with E-state index in [-0.39, 0.29) is 33.8 Å². The first-order valence-corrected chi connectivity index (χ1v) is 9.46. The minimum Gasteiger partial charge on any atom is -0.504 e. The van der Waals surface area contributed by atoms with Crippen LogP contribution in [0, 0.1) is 0 Å². The van der Waals surface area contributed by atoms with E-state index in [0.29, 0.717) is 10.4 Å². The molecule has 0 bridgehead atoms. The average molecular weight is 435 g/mol. The zero-order valence-corrected chi connectivity index (χ0v) is 16.4. The van der Waals surface area contributed by atoms with Crippen molar-refractivity contribution in [2.45, 2.75) is 6.61 Å². The normalized spacial score (nSPS) is 10.5. The number of aromatic carboxylic acids is 1. The van der Waals surface area contributed by atoms with E-state index in [1.807, 2.05) is 30.3 Å². The van der Waals surface area contributed by atoms with Crippen LogP contribution in [-0.4, -0.2) is 33.9 Å². The lowest BCUT2D eigenvalue weighted by Gasteiger charge is -2.09. The Labute approximate surface area is 174 Å². The minimum absolute atomic E-state index is 0.0361. The average Bonchev–Trinajstić information content (AvgIpc) is 3.03. The fourth-order valence-electron chi connectivity index (χ4n) is 2.50. The van der Waals surface area contributed by atoms with Crippen molar-refractivity contribution in [1.29, 1.82) is 0 Å². The molecule has 1 heterocycles. The predicted octanol–water partition coefficient (Wildman–Crippen LogP) is 4.51. The van der Waals surface area contributed by atoms with Crippen molar-refractivity contribution in [1.82, 2.24) is 0 Å². The first-order chi connectivity index (χ1) is 13.9. The van der Waals surface area contributed by atoms with Crippen LogP contribution in [0.3, 0.4) is 0 Å². The van der Waals surface area contributed by atoms with Gasteiger partial charge in [0.05, 0.1) is 4.88 Å². The number of phenols is 1. The van der Waals surface area contributed by atoms with Gasteiger partial charge in [-0.2, -0.15) is 0 Å². The van der Waals surface area contributed by atoms with Gasteiger partial charge in [-0.25, -0.2) is 9.59 Å². The number of halogens is 1. The van der Waals surface area contributed by atoms with E-state index >= 15 is 0 Å². The molecule has 0 fully saturated rings. The molecule has 0 unspecified atom stereocenters. The number of carboxylic acids is 2. The van der Waals surface area contributed by atoms with Crippen molar-refractivity contribution in [2.24, 2.45) is 0 Å². The molecule has 9 heteroatoms. The van der Waals surface area contributed by atoms with Gasteiger partial charge in [-0.3, -0.25) is 0 Å². The van der Waals surface area contributed by atoms with Crippen molar-refractivity contribution < 1.29 is 34.4 Å². The van der Waals surface area contributed by atoms with Gasteiger partial charge in [-0.05, 0) is 29.3 Å². The molecule has 3 rings (SSSR count). The van der Waals surface area contributed by atoms with E-state index in [0.717, 1.165) is 16.9 Å². The molecular formula is C20H15ClO7S. The van der Waals surface area contributed by atoms with E-state index in [1.54, 1.807) is 12.1 Å². The number of carbonyl (C=O) groups is 2. The Bertz CT molecular complexity index is 1050. The van der Waals surface area contributed by atoms with Gasteiger partial charge < -0.3 is 24.8 Å². The molecule has 0 amide bonds. The fraction of sp³-hybridized carbons (Fsp3) is 0.100. The van der Waals surface area contributed by atoms with Crippen molar-refractivity contribution in [3.8, 4) is 27.7 Å². The molecule has 150 valence electrons. The van der Waals surface area contributed by atoms with Crippen LogP contribution in [0.15, 0.2) is 48.5 Å². The summed E-state index contributed by atoms with van der Waals surface area (Å²) in [5, 5.41) is 28.4. The summed E-state index contributed by atoms with van der Waals surface area (Å²) in [4.78, 5) is 22.3. The Balaban J connectivity index is 1.86. The van der Waals surface area contributed by atoms with Crippen LogP contribution in [0.25, 0.3) is 10.4 Å². The number of benzene rings is 2. The summed E-state index contributed by atoms with van der Waals surface area (Å²) in [6.45, 7) is -0.461. The summed E-state index contributed by atoms with van der Waals surface area (Å²) >= 11 is 7.06. The van der Waals surface area contributed by atoms with Crippen LogP contribution in [0.5, 0.6) is 17.2 Å². The van der Waals surface area contributed by atoms with Gasteiger partial charge in [0.1, 0.15) is 11.6 Å². The van der Waals surface area contributed by atoms with Crippen molar-refractivity contribution >= 4 is 34.9 Å². The Kier molecular flexibility index (Phi) is 6.26. The quantitative estimate of drug-likeness (QED) is 0.477. The zero-order chi connectivity index (χ0) is 21.0. The molecule has 2 aromatic carbocycles.